The van der Waals surface area contributed by atoms with Gasteiger partial charge in [0.25, 0.3) is 0 Å². The summed E-state index contributed by atoms with van der Waals surface area (Å²) in [6.45, 7) is 0.421. The van der Waals surface area contributed by atoms with Crippen molar-refractivity contribution in [1.29, 1.82) is 0 Å². The van der Waals surface area contributed by atoms with Gasteiger partial charge in [0.1, 0.15) is 11.6 Å². The molecule has 0 saturated carbocycles. The number of aliphatic hydroxyl groups excluding tert-OH is 1. The molecule has 3 fully saturated rings. The van der Waals surface area contributed by atoms with Crippen LogP contribution in [0.1, 0.15) is 25.7 Å². The Morgan fingerprint density at radius 3 is 2.72 bits per heavy atom. The number of alkyl halides is 1. The van der Waals surface area contributed by atoms with Crippen LogP contribution in [0.2, 0.25) is 5.02 Å². The number of rotatable bonds is 8. The minimum Gasteiger partial charge on any atom is -0.396 e. The number of nitrogens with zero attached hydrogens (tertiary/aromatic N) is 1. The quantitative estimate of drug-likeness (QED) is 0.353. The van der Waals surface area contributed by atoms with Crippen LogP contribution in [0, 0.1) is 11.8 Å². The molecule has 3 aliphatic rings. The van der Waals surface area contributed by atoms with Gasteiger partial charge in [-0.1, -0.05) is 39.7 Å². The van der Waals surface area contributed by atoms with Crippen LogP contribution in [0.25, 0.3) is 0 Å². The van der Waals surface area contributed by atoms with Gasteiger partial charge in [-0.05, 0) is 37.8 Å². The molecule has 10 heteroatoms. The number of hydrogen-bond acceptors (Lipinski definition) is 5. The van der Waals surface area contributed by atoms with Crippen molar-refractivity contribution in [3.8, 4) is 0 Å². The second-order valence-electron chi connectivity index (χ2n) is 8.56. The molecule has 0 aliphatic carbocycles. The smallest absolute Gasteiger partial charge is 0.250 e. The summed E-state index contributed by atoms with van der Waals surface area (Å²) in [6, 6.07) is 6.03. The summed E-state index contributed by atoms with van der Waals surface area (Å²) in [5.41, 5.74) is -0.632. The Hall–Kier alpha value is -1.68. The van der Waals surface area contributed by atoms with Gasteiger partial charge in [-0.25, -0.2) is 0 Å². The molecule has 32 heavy (non-hydrogen) atoms. The number of halogens is 2. The Morgan fingerprint density at radius 2 is 2.03 bits per heavy atom. The van der Waals surface area contributed by atoms with Crippen LogP contribution in [-0.4, -0.2) is 70.5 Å². The number of carbonyl (C=O) groups is 3. The molecule has 4 rings (SSSR count). The number of amides is 3. The monoisotopic (exact) mass is 527 g/mol. The summed E-state index contributed by atoms with van der Waals surface area (Å²) in [6.07, 6.45) is 1.96. The van der Waals surface area contributed by atoms with Crippen molar-refractivity contribution in [3.05, 3.63) is 29.3 Å². The van der Waals surface area contributed by atoms with Crippen LogP contribution < -0.4 is 10.6 Å². The number of likely N-dealkylation sites (tertiary alicyclic amines) is 1. The van der Waals surface area contributed by atoms with Crippen molar-refractivity contribution >= 4 is 50.9 Å². The highest BCUT2D eigenvalue weighted by atomic mass is 79.9. The molecule has 3 amide bonds. The molecule has 8 nitrogen and oxygen atoms in total. The number of unbranched alkanes of at least 4 members (excludes halogenated alkanes) is 2. The summed E-state index contributed by atoms with van der Waals surface area (Å²) in [5.74, 6) is -2.26. The predicted octanol–water partition coefficient (Wildman–Crippen LogP) is 1.94. The first-order valence-corrected chi connectivity index (χ1v) is 12.1. The highest BCUT2D eigenvalue weighted by Crippen LogP contribution is 2.60. The van der Waals surface area contributed by atoms with Crippen LogP contribution in [-0.2, 0) is 19.1 Å². The van der Waals surface area contributed by atoms with Crippen molar-refractivity contribution in [2.75, 3.05) is 25.5 Å². The SMILES string of the molecule is CNC(=O)[C@H]1[C@H]2C(=O)N(CCCCCO)C(C(=O)Nc3ccccc3Cl)C23CC(Br)[C@@H]1O3. The fraction of sp³-hybridized carbons (Fsp3) is 0.591. The van der Waals surface area contributed by atoms with Crippen LogP contribution in [0.3, 0.4) is 0 Å². The average molecular weight is 529 g/mol. The van der Waals surface area contributed by atoms with E-state index in [-0.39, 0.29) is 29.2 Å². The van der Waals surface area contributed by atoms with E-state index >= 15 is 0 Å². The third-order valence-electron chi connectivity index (χ3n) is 6.78. The number of fused-ring (bicyclic) bond motifs is 1. The number of aliphatic hydroxyl groups is 1. The Balaban J connectivity index is 1.68. The molecule has 3 unspecified atom stereocenters. The fourth-order valence-corrected chi connectivity index (χ4v) is 6.60. The minimum absolute atomic E-state index is 0.0751. The lowest BCUT2D eigenvalue weighted by Gasteiger charge is -2.34. The van der Waals surface area contributed by atoms with Gasteiger partial charge in [-0.3, -0.25) is 14.4 Å². The zero-order chi connectivity index (χ0) is 23.0. The van der Waals surface area contributed by atoms with E-state index < -0.39 is 29.6 Å². The molecule has 1 aromatic rings. The standard InChI is InChI=1S/C22H27BrClN3O5/c1-25-19(29)15-16-21(31)27(9-5-2-6-10-28)18(22(16)11-12(23)17(15)32-22)20(30)26-14-8-4-3-7-13(14)24/h3-4,7-8,12,15-18,28H,2,5-6,9-11H2,1H3,(H,25,29)(H,26,30)/t12?,15-,16-,17-,18?,22?/m0/s1. The van der Waals surface area contributed by atoms with E-state index in [9.17, 15) is 14.4 Å². The van der Waals surface area contributed by atoms with Gasteiger partial charge >= 0.3 is 0 Å². The minimum atomic E-state index is -1.09. The highest BCUT2D eigenvalue weighted by molar-refractivity contribution is 9.09. The molecule has 174 valence electrons. The Bertz CT molecular complexity index is 917. The van der Waals surface area contributed by atoms with Gasteiger partial charge in [-0.15, -0.1) is 0 Å². The Morgan fingerprint density at radius 1 is 1.28 bits per heavy atom. The van der Waals surface area contributed by atoms with Gasteiger partial charge < -0.3 is 25.4 Å². The maximum Gasteiger partial charge on any atom is 0.250 e. The van der Waals surface area contributed by atoms with Crippen LogP contribution >= 0.6 is 27.5 Å². The molecule has 3 heterocycles. The number of nitrogens with one attached hydrogen (secondary N) is 2. The summed E-state index contributed by atoms with van der Waals surface area (Å²) in [7, 11) is 1.54. The van der Waals surface area contributed by atoms with E-state index in [0.29, 0.717) is 36.5 Å². The number of carbonyl (C=O) groups excluding carboxylic acids is 3. The molecule has 2 bridgehead atoms. The highest BCUT2D eigenvalue weighted by Gasteiger charge is 2.76. The Labute approximate surface area is 200 Å². The summed E-state index contributed by atoms with van der Waals surface area (Å²) < 4.78 is 6.36. The number of hydrogen-bond donors (Lipinski definition) is 3. The molecule has 1 aromatic carbocycles. The van der Waals surface area contributed by atoms with E-state index in [1.165, 1.54) is 7.05 Å². The normalized spacial score (nSPS) is 32.8. The molecular weight excluding hydrogens is 502 g/mol. The largest absolute Gasteiger partial charge is 0.396 e. The maximum absolute atomic E-state index is 13.6. The summed E-state index contributed by atoms with van der Waals surface area (Å²) in [5, 5.41) is 15.0. The van der Waals surface area contributed by atoms with Gasteiger partial charge in [0.05, 0.1) is 28.6 Å². The first-order valence-electron chi connectivity index (χ1n) is 10.9. The van der Waals surface area contributed by atoms with Crippen molar-refractivity contribution in [2.24, 2.45) is 11.8 Å². The zero-order valence-electron chi connectivity index (χ0n) is 17.7. The number of benzene rings is 1. The third kappa shape index (κ3) is 3.73. The maximum atomic E-state index is 13.6. The first kappa shape index (κ1) is 23.5. The molecular formula is C22H27BrClN3O5. The molecule has 1 spiro atoms. The van der Waals surface area contributed by atoms with Crippen LogP contribution in [0.15, 0.2) is 24.3 Å². The van der Waals surface area contributed by atoms with Gasteiger partial charge in [0, 0.05) is 25.0 Å². The van der Waals surface area contributed by atoms with Gasteiger partial charge in [0.2, 0.25) is 17.7 Å². The fourth-order valence-electron chi connectivity index (χ4n) is 5.47. The van der Waals surface area contributed by atoms with E-state index in [2.05, 4.69) is 26.6 Å². The topological polar surface area (TPSA) is 108 Å². The molecule has 0 radical (unpaired) electrons. The van der Waals surface area contributed by atoms with E-state index in [1.807, 2.05) is 0 Å². The number of ether oxygens (including phenoxy) is 1. The summed E-state index contributed by atoms with van der Waals surface area (Å²) >= 11 is 9.86. The van der Waals surface area contributed by atoms with E-state index in [1.54, 1.807) is 29.2 Å². The zero-order valence-corrected chi connectivity index (χ0v) is 20.1. The lowest BCUT2D eigenvalue weighted by molar-refractivity contribution is -0.140. The number of para-hydroxylation sites is 1. The lowest BCUT2D eigenvalue weighted by Crippen LogP contribution is -2.54. The van der Waals surface area contributed by atoms with Gasteiger partial charge in [-0.2, -0.15) is 0 Å². The predicted molar refractivity (Wildman–Crippen MR) is 123 cm³/mol. The molecule has 6 atom stereocenters. The van der Waals surface area contributed by atoms with Crippen LogP contribution in [0.5, 0.6) is 0 Å². The number of anilines is 1. The average Bonchev–Trinajstić information content (AvgIpc) is 3.36. The van der Waals surface area contributed by atoms with Crippen molar-refractivity contribution in [2.45, 2.75) is 48.3 Å². The lowest BCUT2D eigenvalue weighted by atomic mass is 9.70. The van der Waals surface area contributed by atoms with Gasteiger partial charge in [0.15, 0.2) is 0 Å². The molecule has 3 saturated heterocycles. The second kappa shape index (κ2) is 9.29. The molecule has 3 aliphatic heterocycles. The Kier molecular flexibility index (Phi) is 6.81. The van der Waals surface area contributed by atoms with Crippen molar-refractivity contribution in [1.82, 2.24) is 10.2 Å². The first-order chi connectivity index (χ1) is 15.4. The van der Waals surface area contributed by atoms with Crippen LogP contribution in [0.4, 0.5) is 5.69 Å². The second-order valence-corrected chi connectivity index (χ2v) is 10.1. The van der Waals surface area contributed by atoms with Crippen molar-refractivity contribution in [3.63, 3.8) is 0 Å². The summed E-state index contributed by atoms with van der Waals surface area (Å²) in [4.78, 5) is 41.3. The van der Waals surface area contributed by atoms with E-state index in [4.69, 9.17) is 21.4 Å². The molecule has 0 aromatic heterocycles. The van der Waals surface area contributed by atoms with E-state index in [0.717, 1.165) is 6.42 Å². The third-order valence-corrected chi connectivity index (χ3v) is 7.95. The van der Waals surface area contributed by atoms with Crippen molar-refractivity contribution < 1.29 is 24.2 Å². The molecule has 3 N–H and O–H groups in total.